The summed E-state index contributed by atoms with van der Waals surface area (Å²) in [5.41, 5.74) is 2.26. The first-order chi connectivity index (χ1) is 19.1. The van der Waals surface area contributed by atoms with E-state index in [1.807, 2.05) is 36.4 Å². The second kappa shape index (κ2) is 10.1. The number of aryl methyl sites for hydroxylation is 1. The smallest absolute Gasteiger partial charge is 0.273 e. The minimum Gasteiger partial charge on any atom is -0.394 e. The molecule has 13 nitrogen and oxygen atoms in total. The number of nitrogens with one attached hydrogen (secondary N) is 3. The molecule has 1 aromatic carbocycles. The van der Waals surface area contributed by atoms with Gasteiger partial charge in [0.1, 0.15) is 17.2 Å². The number of aliphatic hydroxyl groups excluding tert-OH is 1. The monoisotopic (exact) mass is 522 g/mol. The molecule has 0 bridgehead atoms. The Morgan fingerprint density at radius 3 is 2.72 bits per heavy atom. The number of hydrogen-bond acceptors (Lipinski definition) is 11. The number of aromatic nitrogens is 8. The Bertz CT molecular complexity index is 1800. The number of fused-ring (bicyclic) bond motifs is 1. The molecule has 13 heteroatoms. The first-order valence-corrected chi connectivity index (χ1v) is 12.0. The van der Waals surface area contributed by atoms with Crippen LogP contribution in [0.5, 0.6) is 0 Å². The van der Waals surface area contributed by atoms with Gasteiger partial charge in [-0.2, -0.15) is 9.97 Å². The van der Waals surface area contributed by atoms with Crippen molar-refractivity contribution < 1.29 is 9.63 Å². The lowest BCUT2D eigenvalue weighted by Gasteiger charge is -2.19. The summed E-state index contributed by atoms with van der Waals surface area (Å²) < 4.78 is 7.09. The molecule has 39 heavy (non-hydrogen) atoms. The molecule has 1 atom stereocenters. The van der Waals surface area contributed by atoms with Gasteiger partial charge in [-0.05, 0) is 29.8 Å². The highest BCUT2D eigenvalue weighted by Crippen LogP contribution is 2.30. The van der Waals surface area contributed by atoms with Crippen molar-refractivity contribution in [3.8, 4) is 22.8 Å². The molecule has 0 aliphatic rings. The number of benzene rings is 1. The Morgan fingerprint density at radius 1 is 1.05 bits per heavy atom. The summed E-state index contributed by atoms with van der Waals surface area (Å²) in [7, 11) is 1.70. The number of anilines is 3. The second-order valence-corrected chi connectivity index (χ2v) is 8.60. The third kappa shape index (κ3) is 4.81. The highest BCUT2D eigenvalue weighted by Gasteiger charge is 2.20. The van der Waals surface area contributed by atoms with Gasteiger partial charge >= 0.3 is 0 Å². The van der Waals surface area contributed by atoms with Crippen molar-refractivity contribution in [1.82, 2.24) is 39.9 Å². The molecule has 5 aromatic heterocycles. The van der Waals surface area contributed by atoms with E-state index in [9.17, 15) is 9.90 Å². The van der Waals surface area contributed by atoms with E-state index in [0.717, 1.165) is 5.56 Å². The van der Waals surface area contributed by atoms with Crippen molar-refractivity contribution in [2.45, 2.75) is 6.04 Å². The predicted octanol–water partition coefficient (Wildman–Crippen LogP) is 3.05. The van der Waals surface area contributed by atoms with Gasteiger partial charge in [-0.15, -0.1) is 0 Å². The molecule has 5 heterocycles. The maximum absolute atomic E-state index is 12.0. The molecule has 6 rings (SSSR count). The van der Waals surface area contributed by atoms with Gasteiger partial charge in [0, 0.05) is 31.2 Å². The Morgan fingerprint density at radius 2 is 1.92 bits per heavy atom. The molecular formula is C26H22N10O3. The van der Waals surface area contributed by atoms with Crippen molar-refractivity contribution in [2.75, 3.05) is 17.2 Å². The maximum atomic E-state index is 12.0. The fourth-order valence-corrected chi connectivity index (χ4v) is 4.07. The molecule has 194 valence electrons. The average molecular weight is 523 g/mol. The molecule has 0 saturated heterocycles. The SMILES string of the molecule is Cn1[nH]c(=O)c2ccc(Nc3ncc(-c4nc(-c5cccnc5)no4)c(N[C@H](CO)c4ccccc4)n3)nc21. The summed E-state index contributed by atoms with van der Waals surface area (Å²) in [6, 6.07) is 16.0. The quantitative estimate of drug-likeness (QED) is 0.231. The molecular weight excluding hydrogens is 500 g/mol. The molecule has 0 aliphatic carbocycles. The molecule has 6 aromatic rings. The highest BCUT2D eigenvalue weighted by molar-refractivity contribution is 5.77. The van der Waals surface area contributed by atoms with Crippen LogP contribution in [0.3, 0.4) is 0 Å². The van der Waals surface area contributed by atoms with E-state index < -0.39 is 6.04 Å². The van der Waals surface area contributed by atoms with Crippen LogP contribution in [0.2, 0.25) is 0 Å². The largest absolute Gasteiger partial charge is 0.394 e. The first-order valence-electron chi connectivity index (χ1n) is 12.0. The lowest BCUT2D eigenvalue weighted by Crippen LogP contribution is -2.17. The van der Waals surface area contributed by atoms with Gasteiger partial charge in [0.25, 0.3) is 11.4 Å². The number of aromatic amines is 1. The number of pyridine rings is 2. The zero-order chi connectivity index (χ0) is 26.8. The first kappa shape index (κ1) is 23.9. The van der Waals surface area contributed by atoms with Crippen LogP contribution in [-0.2, 0) is 7.05 Å². The summed E-state index contributed by atoms with van der Waals surface area (Å²) in [6.45, 7) is -0.194. The molecule has 4 N–H and O–H groups in total. The number of H-pyrrole nitrogens is 1. The van der Waals surface area contributed by atoms with E-state index in [0.29, 0.717) is 39.6 Å². The van der Waals surface area contributed by atoms with Gasteiger partial charge in [0.05, 0.1) is 18.0 Å². The van der Waals surface area contributed by atoms with Crippen LogP contribution in [0.25, 0.3) is 33.9 Å². The maximum Gasteiger partial charge on any atom is 0.273 e. The lowest BCUT2D eigenvalue weighted by molar-refractivity contribution is 0.276. The normalized spacial score (nSPS) is 11.9. The van der Waals surface area contributed by atoms with Gasteiger partial charge < -0.3 is 20.3 Å². The highest BCUT2D eigenvalue weighted by atomic mass is 16.5. The minimum atomic E-state index is -0.475. The van der Waals surface area contributed by atoms with Crippen LogP contribution < -0.4 is 16.2 Å². The van der Waals surface area contributed by atoms with Gasteiger partial charge in [0.15, 0.2) is 5.65 Å². The summed E-state index contributed by atoms with van der Waals surface area (Å²) in [5.74, 6) is 1.57. The second-order valence-electron chi connectivity index (χ2n) is 8.60. The van der Waals surface area contributed by atoms with Crippen molar-refractivity contribution in [1.29, 1.82) is 0 Å². The van der Waals surface area contributed by atoms with E-state index in [-0.39, 0.29) is 24.0 Å². The summed E-state index contributed by atoms with van der Waals surface area (Å²) >= 11 is 0. The summed E-state index contributed by atoms with van der Waals surface area (Å²) in [6.07, 6.45) is 4.84. The van der Waals surface area contributed by atoms with E-state index in [1.165, 1.54) is 0 Å². The lowest BCUT2D eigenvalue weighted by atomic mass is 10.1. The van der Waals surface area contributed by atoms with Gasteiger partial charge in [-0.25, -0.2) is 9.97 Å². The van der Waals surface area contributed by atoms with Crippen molar-refractivity contribution >= 4 is 28.6 Å². The van der Waals surface area contributed by atoms with Crippen LogP contribution in [0.1, 0.15) is 11.6 Å². The number of aliphatic hydroxyl groups is 1. The van der Waals surface area contributed by atoms with E-state index in [4.69, 9.17) is 4.52 Å². The van der Waals surface area contributed by atoms with E-state index >= 15 is 0 Å². The topological polar surface area (TPSA) is 173 Å². The minimum absolute atomic E-state index is 0.189. The van der Waals surface area contributed by atoms with Crippen molar-refractivity contribution in [3.63, 3.8) is 0 Å². The molecule has 0 saturated carbocycles. The fourth-order valence-electron chi connectivity index (χ4n) is 4.07. The van der Waals surface area contributed by atoms with E-state index in [2.05, 4.69) is 45.8 Å². The number of nitrogens with zero attached hydrogens (tertiary/aromatic N) is 7. The van der Waals surface area contributed by atoms with Gasteiger partial charge in [0.2, 0.25) is 11.8 Å². The standard InChI is InChI=1S/C26H22N10O3/c1-36-23-17(24(38)34-36)9-10-20(30-23)31-26-28-13-18(25-32-21(35-39-25)16-8-5-11-27-12-16)22(33-26)29-19(14-37)15-6-3-2-4-7-15/h2-13,19,37H,14H2,1H3,(H,34,38)(H2,28,29,30,31,33)/t19-/m1/s1. The molecule has 0 unspecified atom stereocenters. The Labute approximate surface area is 220 Å². The van der Waals surface area contributed by atoms with E-state index in [1.54, 1.807) is 48.5 Å². The molecule has 0 fully saturated rings. The van der Waals surface area contributed by atoms with Gasteiger partial charge in [-0.1, -0.05) is 35.5 Å². The molecule has 0 radical (unpaired) electrons. The average Bonchev–Trinajstić information content (AvgIpc) is 3.57. The Kier molecular flexibility index (Phi) is 6.23. The van der Waals surface area contributed by atoms with Gasteiger partial charge in [-0.3, -0.25) is 19.6 Å². The Hall–Kier alpha value is -5.43. The fraction of sp³-hybridized carbons (Fsp3) is 0.115. The predicted molar refractivity (Wildman–Crippen MR) is 143 cm³/mol. The number of rotatable bonds is 8. The Balaban J connectivity index is 1.38. The van der Waals surface area contributed by atoms with Crippen LogP contribution in [-0.4, -0.2) is 51.6 Å². The number of hydrogen-bond donors (Lipinski definition) is 4. The zero-order valence-corrected chi connectivity index (χ0v) is 20.6. The third-order valence-corrected chi connectivity index (χ3v) is 6.01. The molecule has 0 amide bonds. The van der Waals surface area contributed by atoms with Crippen LogP contribution in [0, 0.1) is 0 Å². The van der Waals surface area contributed by atoms with Crippen LogP contribution in [0.15, 0.2) is 82.5 Å². The zero-order valence-electron chi connectivity index (χ0n) is 20.6. The van der Waals surface area contributed by atoms with Crippen LogP contribution >= 0.6 is 0 Å². The van der Waals surface area contributed by atoms with Crippen LogP contribution in [0.4, 0.5) is 17.6 Å². The van der Waals surface area contributed by atoms with Crippen molar-refractivity contribution in [2.24, 2.45) is 7.05 Å². The van der Waals surface area contributed by atoms with Crippen molar-refractivity contribution in [3.05, 3.63) is 89.1 Å². The summed E-state index contributed by atoms with van der Waals surface area (Å²) in [5, 5.41) is 23.7. The molecule has 0 aliphatic heterocycles. The third-order valence-electron chi connectivity index (χ3n) is 6.01. The molecule has 0 spiro atoms. The summed E-state index contributed by atoms with van der Waals surface area (Å²) in [4.78, 5) is 34.2.